The Labute approximate surface area is 118 Å². The third-order valence-electron chi connectivity index (χ3n) is 3.05. The van der Waals surface area contributed by atoms with Crippen molar-refractivity contribution in [3.05, 3.63) is 29.8 Å². The maximum Gasteiger partial charge on any atom is 0.237 e. The maximum absolute atomic E-state index is 11.3. The number of aliphatic hydroxyl groups is 1. The molecule has 0 aliphatic heterocycles. The van der Waals surface area contributed by atoms with E-state index in [2.05, 4.69) is 5.32 Å². The number of aliphatic hydroxyl groups excluding tert-OH is 1. The zero-order valence-corrected chi connectivity index (χ0v) is 12.6. The summed E-state index contributed by atoms with van der Waals surface area (Å²) in [6.45, 7) is 3.37. The molecule has 1 unspecified atom stereocenters. The number of nitrogens with two attached hydrogens (primary N) is 1. The minimum atomic E-state index is -3.25. The van der Waals surface area contributed by atoms with Crippen LogP contribution >= 0.6 is 0 Å². The van der Waals surface area contributed by atoms with E-state index >= 15 is 0 Å². The third-order valence-corrected chi connectivity index (χ3v) is 4.17. The van der Waals surface area contributed by atoms with Gasteiger partial charge in [-0.05, 0) is 31.5 Å². The summed E-state index contributed by atoms with van der Waals surface area (Å²) in [7, 11) is -3.25. The number of carbonyl (C=O) groups is 1. The molecular formula is C13H20N2O4S. The van der Waals surface area contributed by atoms with Gasteiger partial charge in [-0.15, -0.1) is 0 Å². The van der Waals surface area contributed by atoms with Crippen molar-refractivity contribution in [1.82, 2.24) is 5.32 Å². The molecule has 0 spiro atoms. The van der Waals surface area contributed by atoms with Gasteiger partial charge in [-0.2, -0.15) is 0 Å². The first-order valence-electron chi connectivity index (χ1n) is 6.07. The zero-order valence-electron chi connectivity index (χ0n) is 11.8. The van der Waals surface area contributed by atoms with Crippen LogP contribution in [-0.2, 0) is 14.6 Å². The van der Waals surface area contributed by atoms with Crippen molar-refractivity contribution in [3.63, 3.8) is 0 Å². The third kappa shape index (κ3) is 4.29. The standard InChI is InChI=1S/C13H20N2O4S/c1-13(2,12(14)17)15-8-11(16)9-4-6-10(7-5-9)20(3,18)19/h4-7,11,15-16H,8H2,1-3H3,(H2,14,17). The van der Waals surface area contributed by atoms with E-state index in [4.69, 9.17) is 5.73 Å². The lowest BCUT2D eigenvalue weighted by molar-refractivity contribution is -0.123. The average molecular weight is 300 g/mol. The molecule has 0 aliphatic rings. The molecule has 0 aromatic heterocycles. The van der Waals surface area contributed by atoms with Crippen molar-refractivity contribution >= 4 is 15.7 Å². The molecule has 0 radical (unpaired) electrons. The first kappa shape index (κ1) is 16.6. The van der Waals surface area contributed by atoms with E-state index in [1.54, 1.807) is 26.0 Å². The van der Waals surface area contributed by atoms with Crippen LogP contribution in [0, 0.1) is 0 Å². The van der Waals surface area contributed by atoms with Gasteiger partial charge in [-0.3, -0.25) is 4.79 Å². The summed E-state index contributed by atoms with van der Waals surface area (Å²) in [6.07, 6.45) is 0.261. The van der Waals surface area contributed by atoms with Gasteiger partial charge in [0.2, 0.25) is 5.91 Å². The molecule has 6 nitrogen and oxygen atoms in total. The van der Waals surface area contributed by atoms with E-state index < -0.39 is 27.4 Å². The highest BCUT2D eigenvalue weighted by atomic mass is 32.2. The Morgan fingerprint density at radius 3 is 2.25 bits per heavy atom. The van der Waals surface area contributed by atoms with Crippen LogP contribution in [0.25, 0.3) is 0 Å². The summed E-state index contributed by atoms with van der Waals surface area (Å²) in [5.41, 5.74) is 4.85. The number of primary amides is 1. The number of β-amino-alcohol motifs (C(OH)–C–C–N with tert-alkyl or cyclic N) is 1. The van der Waals surface area contributed by atoms with E-state index in [-0.39, 0.29) is 11.4 Å². The van der Waals surface area contributed by atoms with Crippen LogP contribution in [0.5, 0.6) is 0 Å². The minimum Gasteiger partial charge on any atom is -0.387 e. The van der Waals surface area contributed by atoms with Crippen LogP contribution in [-0.4, -0.2) is 37.8 Å². The summed E-state index contributed by atoms with van der Waals surface area (Å²) >= 11 is 0. The van der Waals surface area contributed by atoms with E-state index in [0.717, 1.165) is 6.26 Å². The number of carbonyl (C=O) groups excluding carboxylic acids is 1. The first-order chi connectivity index (χ1) is 9.04. The molecule has 0 fully saturated rings. The smallest absolute Gasteiger partial charge is 0.237 e. The minimum absolute atomic E-state index is 0.133. The summed E-state index contributed by atoms with van der Waals surface area (Å²) in [5, 5.41) is 12.9. The van der Waals surface area contributed by atoms with Crippen molar-refractivity contribution in [3.8, 4) is 0 Å². The van der Waals surface area contributed by atoms with Gasteiger partial charge < -0.3 is 16.2 Å². The fourth-order valence-electron chi connectivity index (χ4n) is 1.49. The Morgan fingerprint density at radius 1 is 1.35 bits per heavy atom. The second-order valence-corrected chi connectivity index (χ2v) is 7.24. The van der Waals surface area contributed by atoms with Crippen LogP contribution in [0.4, 0.5) is 0 Å². The largest absolute Gasteiger partial charge is 0.387 e. The molecule has 1 rings (SSSR count). The van der Waals surface area contributed by atoms with Crippen molar-refractivity contribution in [2.75, 3.05) is 12.8 Å². The molecular weight excluding hydrogens is 280 g/mol. The van der Waals surface area contributed by atoms with Gasteiger partial charge in [0.25, 0.3) is 0 Å². The van der Waals surface area contributed by atoms with Crippen molar-refractivity contribution in [1.29, 1.82) is 0 Å². The van der Waals surface area contributed by atoms with Crippen LogP contribution in [0.15, 0.2) is 29.2 Å². The predicted octanol–water partition coefficient (Wildman–Crippen LogP) is -0.0230. The second-order valence-electron chi connectivity index (χ2n) is 5.23. The molecule has 0 aliphatic carbocycles. The number of hydrogen-bond acceptors (Lipinski definition) is 5. The number of nitrogens with one attached hydrogen (secondary N) is 1. The molecule has 0 heterocycles. The van der Waals surface area contributed by atoms with Gasteiger partial charge in [-0.25, -0.2) is 8.42 Å². The summed E-state index contributed by atoms with van der Waals surface area (Å²) in [5.74, 6) is -0.517. The Morgan fingerprint density at radius 2 is 1.85 bits per heavy atom. The molecule has 0 saturated carbocycles. The first-order valence-corrected chi connectivity index (χ1v) is 7.96. The maximum atomic E-state index is 11.3. The predicted molar refractivity (Wildman–Crippen MR) is 75.8 cm³/mol. The average Bonchev–Trinajstić information content (AvgIpc) is 2.35. The number of hydrogen-bond donors (Lipinski definition) is 3. The highest BCUT2D eigenvalue weighted by Gasteiger charge is 2.25. The highest BCUT2D eigenvalue weighted by Crippen LogP contribution is 2.16. The van der Waals surface area contributed by atoms with Gasteiger partial charge in [0.15, 0.2) is 9.84 Å². The lowest BCUT2D eigenvalue weighted by atomic mass is 10.0. The molecule has 1 aromatic rings. The quantitative estimate of drug-likeness (QED) is 0.684. The number of rotatable bonds is 6. The van der Waals surface area contributed by atoms with Crippen LogP contribution in [0.2, 0.25) is 0 Å². The molecule has 112 valence electrons. The van der Waals surface area contributed by atoms with Crippen LogP contribution in [0.1, 0.15) is 25.5 Å². The van der Waals surface area contributed by atoms with Crippen molar-refractivity contribution in [2.45, 2.75) is 30.4 Å². The van der Waals surface area contributed by atoms with E-state index in [0.29, 0.717) is 5.56 Å². The van der Waals surface area contributed by atoms with Gasteiger partial charge in [-0.1, -0.05) is 12.1 Å². The topological polar surface area (TPSA) is 109 Å². The van der Waals surface area contributed by atoms with Gasteiger partial charge in [0, 0.05) is 12.8 Å². The molecule has 7 heteroatoms. The monoisotopic (exact) mass is 300 g/mol. The van der Waals surface area contributed by atoms with Gasteiger partial charge in [0.05, 0.1) is 16.5 Å². The lowest BCUT2D eigenvalue weighted by Gasteiger charge is -2.24. The fourth-order valence-corrected chi connectivity index (χ4v) is 2.12. The number of benzene rings is 1. The molecule has 1 amide bonds. The van der Waals surface area contributed by atoms with Gasteiger partial charge in [0.1, 0.15) is 0 Å². The number of amides is 1. The Bertz CT molecular complexity index is 579. The van der Waals surface area contributed by atoms with E-state index in [1.807, 2.05) is 0 Å². The van der Waals surface area contributed by atoms with Crippen LogP contribution < -0.4 is 11.1 Å². The Kier molecular flexibility index (Phi) is 4.90. The van der Waals surface area contributed by atoms with E-state index in [9.17, 15) is 18.3 Å². The Balaban J connectivity index is 2.74. The molecule has 0 saturated heterocycles. The number of sulfone groups is 1. The molecule has 1 aromatic carbocycles. The summed E-state index contributed by atoms with van der Waals surface area (Å²) in [4.78, 5) is 11.3. The molecule has 0 bridgehead atoms. The van der Waals surface area contributed by atoms with E-state index in [1.165, 1.54) is 12.1 Å². The molecule has 4 N–H and O–H groups in total. The molecule has 20 heavy (non-hydrogen) atoms. The summed E-state index contributed by atoms with van der Waals surface area (Å²) in [6, 6.07) is 5.96. The summed E-state index contributed by atoms with van der Waals surface area (Å²) < 4.78 is 22.6. The van der Waals surface area contributed by atoms with Crippen molar-refractivity contribution in [2.24, 2.45) is 5.73 Å². The normalized spacial score (nSPS) is 14.0. The second kappa shape index (κ2) is 5.90. The van der Waals surface area contributed by atoms with Crippen LogP contribution in [0.3, 0.4) is 0 Å². The van der Waals surface area contributed by atoms with Crippen molar-refractivity contribution < 1.29 is 18.3 Å². The zero-order chi connectivity index (χ0) is 15.6. The molecule has 1 atom stereocenters. The van der Waals surface area contributed by atoms with Gasteiger partial charge >= 0.3 is 0 Å². The fraction of sp³-hybridized carbons (Fsp3) is 0.462. The SMILES string of the molecule is CC(C)(NCC(O)c1ccc(S(C)(=O)=O)cc1)C(N)=O. The lowest BCUT2D eigenvalue weighted by Crippen LogP contribution is -2.51. The highest BCUT2D eigenvalue weighted by molar-refractivity contribution is 7.90. The Hall–Kier alpha value is -1.44.